The van der Waals surface area contributed by atoms with Crippen LogP contribution in [0.2, 0.25) is 0 Å². The van der Waals surface area contributed by atoms with Crippen LogP contribution in [0.5, 0.6) is 0 Å². The number of carbonyl (C=O) groups excluding carboxylic acids is 1. The second-order valence-electron chi connectivity index (χ2n) is 7.36. The van der Waals surface area contributed by atoms with Crippen LogP contribution in [0.1, 0.15) is 52.4 Å². The highest BCUT2D eigenvalue weighted by molar-refractivity contribution is 5.85. The average Bonchev–Trinajstić information content (AvgIpc) is 2.91. The van der Waals surface area contributed by atoms with Crippen LogP contribution in [0.25, 0.3) is 0 Å². The van der Waals surface area contributed by atoms with E-state index in [9.17, 15) is 4.79 Å². The van der Waals surface area contributed by atoms with Gasteiger partial charge in [-0.1, -0.05) is 19.3 Å². The number of carbonyl (C=O) groups is 1. The number of guanidine groups is 1. The normalized spacial score (nSPS) is 28.4. The summed E-state index contributed by atoms with van der Waals surface area (Å²) in [4.78, 5) is 17.8. The highest BCUT2D eigenvalue weighted by atomic mass is 16.2. The molecule has 5 nitrogen and oxygen atoms in total. The number of nitrogens with zero attached hydrogens (tertiary/aromatic N) is 2. The van der Waals surface area contributed by atoms with E-state index < -0.39 is 0 Å². The summed E-state index contributed by atoms with van der Waals surface area (Å²) in [7, 11) is 3.53. The Kier molecular flexibility index (Phi) is 6.09. The smallest absolute Gasteiger partial charge is 0.243 e. The van der Waals surface area contributed by atoms with Crippen LogP contribution >= 0.6 is 0 Å². The predicted molar refractivity (Wildman–Crippen MR) is 90.9 cm³/mol. The fourth-order valence-corrected chi connectivity index (χ4v) is 3.72. The van der Waals surface area contributed by atoms with Gasteiger partial charge in [-0.3, -0.25) is 4.79 Å². The third kappa shape index (κ3) is 4.89. The molecule has 2 rings (SSSR count). The minimum atomic E-state index is 0.0318. The Morgan fingerprint density at radius 1 is 1.18 bits per heavy atom. The number of nitrogens with one attached hydrogen (secondary N) is 2. The van der Waals surface area contributed by atoms with Gasteiger partial charge < -0.3 is 15.5 Å². The molecule has 3 unspecified atom stereocenters. The number of amides is 1. The maximum absolute atomic E-state index is 11.7. The number of aliphatic imine (C=N–C) groups is 1. The van der Waals surface area contributed by atoms with Crippen LogP contribution in [0.4, 0.5) is 0 Å². The molecule has 0 bridgehead atoms. The first kappa shape index (κ1) is 17.1. The summed E-state index contributed by atoms with van der Waals surface area (Å²) in [5.74, 6) is 2.68. The second-order valence-corrected chi connectivity index (χ2v) is 7.36. The van der Waals surface area contributed by atoms with Crippen molar-refractivity contribution in [2.75, 3.05) is 20.6 Å². The largest absolute Gasteiger partial charge is 0.354 e. The van der Waals surface area contributed by atoms with E-state index in [0.717, 1.165) is 17.8 Å². The lowest BCUT2D eigenvalue weighted by Gasteiger charge is -2.33. The fraction of sp³-hybridized carbons (Fsp3) is 0.882. The van der Waals surface area contributed by atoms with Crippen LogP contribution in [-0.2, 0) is 4.79 Å². The fourth-order valence-electron chi connectivity index (χ4n) is 3.72. The molecular weight excluding hydrogens is 276 g/mol. The van der Waals surface area contributed by atoms with E-state index in [1.165, 1.54) is 38.5 Å². The van der Waals surface area contributed by atoms with Gasteiger partial charge >= 0.3 is 0 Å². The molecule has 3 atom stereocenters. The molecule has 0 aromatic rings. The van der Waals surface area contributed by atoms with Crippen LogP contribution in [-0.4, -0.2) is 49.5 Å². The molecule has 22 heavy (non-hydrogen) atoms. The van der Waals surface area contributed by atoms with Crippen LogP contribution < -0.4 is 10.6 Å². The molecular formula is C17H32N4O. The second kappa shape index (κ2) is 7.84. The predicted octanol–water partition coefficient (Wildman–Crippen LogP) is 1.99. The van der Waals surface area contributed by atoms with Crippen molar-refractivity contribution < 1.29 is 4.79 Å². The molecule has 0 spiro atoms. The maximum Gasteiger partial charge on any atom is 0.243 e. The molecule has 2 fully saturated rings. The van der Waals surface area contributed by atoms with Crippen LogP contribution in [0.15, 0.2) is 4.99 Å². The minimum absolute atomic E-state index is 0.0318. The Morgan fingerprint density at radius 2 is 1.91 bits per heavy atom. The molecule has 2 N–H and O–H groups in total. The van der Waals surface area contributed by atoms with E-state index in [1.54, 1.807) is 19.0 Å². The van der Waals surface area contributed by atoms with Crippen LogP contribution in [0, 0.1) is 11.8 Å². The Hall–Kier alpha value is -1.26. The topological polar surface area (TPSA) is 56.7 Å². The van der Waals surface area contributed by atoms with Crippen molar-refractivity contribution in [3.05, 3.63) is 0 Å². The molecule has 2 aliphatic carbocycles. The standard InChI is InChI=1S/C17H32N4O/c1-12(2)19-17(18-11-16(22)21(3)4)20-15-9-8-13-6-5-7-14(13)10-15/h12-15H,5-11H2,1-4H3,(H2,18,19,20). The summed E-state index contributed by atoms with van der Waals surface area (Å²) >= 11 is 0. The number of hydrogen-bond acceptors (Lipinski definition) is 2. The number of rotatable bonds is 4. The van der Waals surface area contributed by atoms with Gasteiger partial charge in [0.15, 0.2) is 5.96 Å². The van der Waals surface area contributed by atoms with Gasteiger partial charge in [0.25, 0.3) is 0 Å². The number of fused-ring (bicyclic) bond motifs is 1. The van der Waals surface area contributed by atoms with Gasteiger partial charge in [-0.05, 0) is 44.9 Å². The van der Waals surface area contributed by atoms with E-state index >= 15 is 0 Å². The lowest BCUT2D eigenvalue weighted by molar-refractivity contribution is -0.127. The molecule has 5 heteroatoms. The SMILES string of the molecule is CC(C)NC(=NCC(=O)N(C)C)NC1CCC2CCCC2C1. The molecule has 1 amide bonds. The van der Waals surface area contributed by atoms with Gasteiger partial charge in [-0.2, -0.15) is 0 Å². The van der Waals surface area contributed by atoms with Gasteiger partial charge in [0.1, 0.15) is 6.54 Å². The molecule has 0 aliphatic heterocycles. The monoisotopic (exact) mass is 308 g/mol. The molecule has 0 heterocycles. The third-order valence-electron chi connectivity index (χ3n) is 4.93. The lowest BCUT2D eigenvalue weighted by Crippen LogP contribution is -2.48. The first-order valence-corrected chi connectivity index (χ1v) is 8.73. The van der Waals surface area contributed by atoms with Gasteiger partial charge in [0.05, 0.1) is 0 Å². The van der Waals surface area contributed by atoms with Gasteiger partial charge in [-0.25, -0.2) is 4.99 Å². The molecule has 0 aromatic carbocycles. The third-order valence-corrected chi connectivity index (χ3v) is 4.93. The van der Waals surface area contributed by atoms with E-state index in [-0.39, 0.29) is 12.5 Å². The van der Waals surface area contributed by atoms with Gasteiger partial charge in [0, 0.05) is 26.2 Å². The number of hydrogen-bond donors (Lipinski definition) is 2. The van der Waals surface area contributed by atoms with Crippen molar-refractivity contribution in [1.29, 1.82) is 0 Å². The van der Waals surface area contributed by atoms with E-state index in [4.69, 9.17) is 0 Å². The summed E-state index contributed by atoms with van der Waals surface area (Å²) in [6.45, 7) is 4.39. The van der Waals surface area contributed by atoms with Crippen molar-refractivity contribution in [2.24, 2.45) is 16.8 Å². The molecule has 126 valence electrons. The first-order valence-electron chi connectivity index (χ1n) is 8.73. The van der Waals surface area contributed by atoms with Crippen molar-refractivity contribution >= 4 is 11.9 Å². The molecule has 2 saturated carbocycles. The number of likely N-dealkylation sites (N-methyl/N-ethyl adjacent to an activating group) is 1. The highest BCUT2D eigenvalue weighted by Gasteiger charge is 2.34. The summed E-state index contributed by atoms with van der Waals surface area (Å²) in [6, 6.07) is 0.808. The lowest BCUT2D eigenvalue weighted by atomic mass is 9.79. The molecule has 0 saturated heterocycles. The minimum Gasteiger partial charge on any atom is -0.354 e. The highest BCUT2D eigenvalue weighted by Crippen LogP contribution is 2.41. The summed E-state index contributed by atoms with van der Waals surface area (Å²) in [5, 5.41) is 6.91. The van der Waals surface area contributed by atoms with E-state index in [1.807, 2.05) is 0 Å². The summed E-state index contributed by atoms with van der Waals surface area (Å²) in [5.41, 5.74) is 0. The van der Waals surface area contributed by atoms with E-state index in [0.29, 0.717) is 12.1 Å². The zero-order valence-electron chi connectivity index (χ0n) is 14.6. The average molecular weight is 308 g/mol. The Bertz CT molecular complexity index is 405. The zero-order valence-corrected chi connectivity index (χ0v) is 14.6. The quantitative estimate of drug-likeness (QED) is 0.617. The summed E-state index contributed by atoms with van der Waals surface area (Å²) < 4.78 is 0. The van der Waals surface area contributed by atoms with Crippen LogP contribution in [0.3, 0.4) is 0 Å². The first-order chi connectivity index (χ1) is 10.5. The van der Waals surface area contributed by atoms with Crippen molar-refractivity contribution in [3.8, 4) is 0 Å². The maximum atomic E-state index is 11.7. The zero-order chi connectivity index (χ0) is 16.1. The van der Waals surface area contributed by atoms with Crippen molar-refractivity contribution in [3.63, 3.8) is 0 Å². The molecule has 2 aliphatic rings. The Morgan fingerprint density at radius 3 is 2.59 bits per heavy atom. The Labute approximate surface area is 134 Å². The summed E-state index contributed by atoms with van der Waals surface area (Å²) in [6.07, 6.45) is 8.05. The van der Waals surface area contributed by atoms with E-state index in [2.05, 4.69) is 29.5 Å². The van der Waals surface area contributed by atoms with Crippen molar-refractivity contribution in [2.45, 2.75) is 64.5 Å². The molecule has 0 aromatic heterocycles. The molecule has 0 radical (unpaired) electrons. The van der Waals surface area contributed by atoms with Gasteiger partial charge in [0.2, 0.25) is 5.91 Å². The van der Waals surface area contributed by atoms with Crippen molar-refractivity contribution in [1.82, 2.24) is 15.5 Å². The van der Waals surface area contributed by atoms with Gasteiger partial charge in [-0.15, -0.1) is 0 Å². The Balaban J connectivity index is 1.91.